The number of ether oxygens (including phenoxy) is 1. The maximum atomic E-state index is 12.0. The summed E-state index contributed by atoms with van der Waals surface area (Å²) in [6.07, 6.45) is 1.58. The minimum Gasteiger partial charge on any atom is -0.543 e. The zero-order chi connectivity index (χ0) is 18.6. The van der Waals surface area contributed by atoms with Crippen molar-refractivity contribution in [2.45, 2.75) is 42.9 Å². The molecule has 26 heavy (non-hydrogen) atoms. The normalized spacial score (nSPS) is 42.0. The molecule has 4 rings (SSSR count). The summed E-state index contributed by atoms with van der Waals surface area (Å²) >= 11 is 1.39. The van der Waals surface area contributed by atoms with Crippen LogP contribution < -0.4 is 5.11 Å². The zero-order valence-corrected chi connectivity index (χ0v) is 17.6. The molecule has 8 nitrogen and oxygen atoms in total. The van der Waals surface area contributed by atoms with Crippen molar-refractivity contribution >= 4 is 60.9 Å². The lowest BCUT2D eigenvalue weighted by atomic mass is 9.72. The van der Waals surface area contributed by atoms with Crippen molar-refractivity contribution in [3.63, 3.8) is 0 Å². The highest BCUT2D eigenvalue weighted by atomic mass is 127. The van der Waals surface area contributed by atoms with E-state index in [2.05, 4.69) is 18.2 Å². The largest absolute Gasteiger partial charge is 0.543 e. The standard InChI is InChI=1S/C16H21IN4O4S/c1-8-13(26-10-4-20-7-18-6-17-21(20)5-10)12(14(22)23)19-16(8,3)11-9(2)25-15(11)24/h6-11,13H,4-5H2,1-3H3,(H,22,23)/p-1/t8-,9+,10?,11-,13?,16+/m0/s1. The lowest BCUT2D eigenvalue weighted by Gasteiger charge is -2.44. The van der Waals surface area contributed by atoms with E-state index in [4.69, 9.17) is 4.74 Å². The van der Waals surface area contributed by atoms with E-state index in [0.717, 1.165) is 13.1 Å². The lowest BCUT2D eigenvalue weighted by Crippen LogP contribution is -2.57. The van der Waals surface area contributed by atoms with Gasteiger partial charge in [-0.2, -0.15) is 3.22 Å². The number of esters is 1. The second-order valence-corrected chi connectivity index (χ2v) is 10.9. The molecule has 10 heteroatoms. The van der Waals surface area contributed by atoms with E-state index in [1.807, 2.05) is 31.2 Å². The zero-order valence-electron chi connectivity index (χ0n) is 14.7. The molecule has 0 N–H and O–H groups in total. The summed E-state index contributed by atoms with van der Waals surface area (Å²) in [6, 6.07) is 0. The number of hydrazine groups is 1. The summed E-state index contributed by atoms with van der Waals surface area (Å²) < 4.78 is 9.36. The first-order chi connectivity index (χ1) is 12.3. The molecule has 0 aromatic carbocycles. The van der Waals surface area contributed by atoms with Crippen molar-refractivity contribution in [1.29, 1.82) is 0 Å². The Morgan fingerprint density at radius 1 is 1.46 bits per heavy atom. The first-order valence-electron chi connectivity index (χ1n) is 8.51. The van der Waals surface area contributed by atoms with Gasteiger partial charge in [-0.25, -0.2) is 4.99 Å². The van der Waals surface area contributed by atoms with Gasteiger partial charge in [0.2, 0.25) is 0 Å². The van der Waals surface area contributed by atoms with Gasteiger partial charge in [-0.1, -0.05) is 6.92 Å². The Bertz CT molecular complexity index is 724. The van der Waals surface area contributed by atoms with Gasteiger partial charge in [-0.15, -0.1) is 11.8 Å². The molecule has 0 bridgehead atoms. The molecule has 0 radical (unpaired) electrons. The number of aliphatic carboxylic acids is 1. The molecule has 2 saturated heterocycles. The quantitative estimate of drug-likeness (QED) is 0.306. The average molecular weight is 491 g/mol. The predicted octanol–water partition coefficient (Wildman–Crippen LogP) is -0.162. The van der Waals surface area contributed by atoms with Gasteiger partial charge in [-0.05, 0) is 19.8 Å². The van der Waals surface area contributed by atoms with Crippen molar-refractivity contribution in [1.82, 2.24) is 8.23 Å². The minimum atomic E-state index is -1.24. The summed E-state index contributed by atoms with van der Waals surface area (Å²) in [5, 5.41) is 13.8. The number of hydrogen-bond donors (Lipinski definition) is 0. The van der Waals surface area contributed by atoms with Crippen LogP contribution in [0.25, 0.3) is 0 Å². The third-order valence-electron chi connectivity index (χ3n) is 5.65. The highest BCUT2D eigenvalue weighted by molar-refractivity contribution is 14.2. The number of nitrogens with zero attached hydrogens (tertiary/aromatic N) is 4. The molecule has 4 aliphatic rings. The van der Waals surface area contributed by atoms with Gasteiger partial charge in [0, 0.05) is 39.3 Å². The number of rotatable bonds is 4. The number of thioether (sulfide) groups is 1. The van der Waals surface area contributed by atoms with Crippen LogP contribution >= 0.6 is 32.8 Å². The number of hydrogen-bond acceptors (Lipinski definition) is 9. The van der Waals surface area contributed by atoms with E-state index in [0.29, 0.717) is 0 Å². The third-order valence-corrected chi connectivity index (χ3v) is 9.42. The Morgan fingerprint density at radius 3 is 2.85 bits per heavy atom. The number of carboxylic acids is 1. The van der Waals surface area contributed by atoms with Crippen LogP contribution in [0, 0.1) is 11.8 Å². The Hall–Kier alpha value is -1.01. The molecule has 0 saturated carbocycles. The van der Waals surface area contributed by atoms with Crippen molar-refractivity contribution in [3.8, 4) is 0 Å². The van der Waals surface area contributed by atoms with E-state index in [1.165, 1.54) is 0 Å². The SMILES string of the molecule is C[C@H]1OC(=O)[C@H]1[C@]1(C)N=C(C(=O)[O-])C(SC2CN3C=NC=IN3C2)[C@@H]1C. The van der Waals surface area contributed by atoms with E-state index in [-0.39, 0.29) is 55.2 Å². The van der Waals surface area contributed by atoms with E-state index in [1.54, 1.807) is 11.8 Å². The minimum absolute atomic E-state index is 0.0756. The maximum Gasteiger partial charge on any atom is 0.315 e. The molecule has 0 aliphatic carbocycles. The number of halogens is 1. The summed E-state index contributed by atoms with van der Waals surface area (Å²) in [6.45, 7) is 7.38. The summed E-state index contributed by atoms with van der Waals surface area (Å²) in [7, 11) is 0. The summed E-state index contributed by atoms with van der Waals surface area (Å²) in [5.74, 6) is -2.02. The molecular formula is C16H20IN4O4S-. The number of carbonyl (C=O) groups is 2. The van der Waals surface area contributed by atoms with E-state index in [9.17, 15) is 14.7 Å². The molecule has 0 amide bonds. The lowest BCUT2D eigenvalue weighted by molar-refractivity contribution is -0.294. The van der Waals surface area contributed by atoms with Crippen LogP contribution in [-0.4, -0.2) is 71.6 Å². The molecule has 4 heterocycles. The molecule has 0 aromatic rings. The highest BCUT2D eigenvalue weighted by Crippen LogP contribution is 2.49. The molecule has 2 fully saturated rings. The Kier molecular flexibility index (Phi) is 4.63. The van der Waals surface area contributed by atoms with Gasteiger partial charge in [0.1, 0.15) is 18.4 Å². The number of carbonyl (C=O) groups excluding carboxylic acids is 2. The van der Waals surface area contributed by atoms with Gasteiger partial charge < -0.3 is 14.6 Å². The second-order valence-electron chi connectivity index (χ2n) is 7.20. The summed E-state index contributed by atoms with van der Waals surface area (Å²) in [4.78, 5) is 32.5. The van der Waals surface area contributed by atoms with Gasteiger partial charge in [-0.3, -0.25) is 14.8 Å². The van der Waals surface area contributed by atoms with Crippen molar-refractivity contribution in [2.75, 3.05) is 13.1 Å². The molecule has 2 unspecified atom stereocenters. The van der Waals surface area contributed by atoms with Gasteiger partial charge in [0.05, 0.1) is 26.6 Å². The van der Waals surface area contributed by atoms with Crippen molar-refractivity contribution in [2.24, 2.45) is 21.8 Å². The van der Waals surface area contributed by atoms with E-state index < -0.39 is 17.4 Å². The Balaban J connectivity index is 1.55. The number of aliphatic imine (C=N–C) groups is 2. The molecular weight excluding hydrogens is 471 g/mol. The van der Waals surface area contributed by atoms with Crippen LogP contribution in [0.3, 0.4) is 0 Å². The predicted molar refractivity (Wildman–Crippen MR) is 106 cm³/mol. The first kappa shape index (κ1) is 18.4. The smallest absolute Gasteiger partial charge is 0.315 e. The fraction of sp³-hybridized carbons (Fsp3) is 0.688. The van der Waals surface area contributed by atoms with Crippen LogP contribution in [0.15, 0.2) is 9.98 Å². The Labute approximate surface area is 166 Å². The van der Waals surface area contributed by atoms with Crippen LogP contribution in [0.1, 0.15) is 20.8 Å². The number of cyclic esters (lactones) is 1. The van der Waals surface area contributed by atoms with Crippen molar-refractivity contribution < 1.29 is 19.4 Å². The topological polar surface area (TPSA) is 97.6 Å². The summed E-state index contributed by atoms with van der Waals surface area (Å²) in [5.41, 5.74) is -0.692. The average Bonchev–Trinajstić information content (AvgIpc) is 3.08. The van der Waals surface area contributed by atoms with Crippen LogP contribution in [0.4, 0.5) is 0 Å². The van der Waals surface area contributed by atoms with Gasteiger partial charge in [0.15, 0.2) is 0 Å². The monoisotopic (exact) mass is 491 g/mol. The third kappa shape index (κ3) is 2.80. The molecule has 0 spiro atoms. The maximum absolute atomic E-state index is 12.0. The van der Waals surface area contributed by atoms with Crippen LogP contribution in [0.2, 0.25) is 0 Å². The number of fused-ring (bicyclic) bond motifs is 1. The van der Waals surface area contributed by atoms with Gasteiger partial charge >= 0.3 is 5.97 Å². The highest BCUT2D eigenvalue weighted by Gasteiger charge is 2.59. The molecule has 6 atom stereocenters. The Morgan fingerprint density at radius 2 is 2.23 bits per heavy atom. The number of carboxylic acid groups (broad SMARTS) is 1. The van der Waals surface area contributed by atoms with Crippen LogP contribution in [0.5, 0.6) is 0 Å². The fourth-order valence-electron chi connectivity index (χ4n) is 4.12. The van der Waals surface area contributed by atoms with E-state index >= 15 is 0 Å². The first-order valence-corrected chi connectivity index (χ1v) is 11.7. The van der Waals surface area contributed by atoms with Gasteiger partial charge in [0.25, 0.3) is 0 Å². The molecule has 142 valence electrons. The van der Waals surface area contributed by atoms with Crippen LogP contribution in [-0.2, 0) is 14.3 Å². The molecule has 4 aliphatic heterocycles. The second kappa shape index (κ2) is 6.55. The fourth-order valence-corrected chi connectivity index (χ4v) is 7.94. The van der Waals surface area contributed by atoms with Crippen molar-refractivity contribution in [3.05, 3.63) is 0 Å². The molecule has 0 aromatic heterocycles.